The smallest absolute Gasteiger partial charge is 0.251 e. The second kappa shape index (κ2) is 8.32. The molecule has 2 aromatic carbocycles. The lowest BCUT2D eigenvalue weighted by Gasteiger charge is -2.18. The van der Waals surface area contributed by atoms with Crippen molar-refractivity contribution in [2.45, 2.75) is 51.5 Å². The highest BCUT2D eigenvalue weighted by atomic mass is 35.5. The quantitative estimate of drug-likeness (QED) is 0.621. The molecular formula is C24H25ClN2O. The van der Waals surface area contributed by atoms with Crippen molar-refractivity contribution in [3.63, 3.8) is 0 Å². The van der Waals surface area contributed by atoms with Gasteiger partial charge >= 0.3 is 0 Å². The summed E-state index contributed by atoms with van der Waals surface area (Å²) in [5.41, 5.74) is 5.02. The fraction of sp³-hybridized carbons (Fsp3) is 0.333. The second-order valence-electron chi connectivity index (χ2n) is 7.69. The molecule has 1 amide bonds. The number of amides is 1. The summed E-state index contributed by atoms with van der Waals surface area (Å²) in [6.07, 6.45) is 6.14. The van der Waals surface area contributed by atoms with Gasteiger partial charge < -0.3 is 5.32 Å². The summed E-state index contributed by atoms with van der Waals surface area (Å²) in [5, 5.41) is 4.86. The number of rotatable bonds is 5. The van der Waals surface area contributed by atoms with E-state index in [1.54, 1.807) is 0 Å². The molecule has 0 radical (unpaired) electrons. The largest absolute Gasteiger partial charge is 0.350 e. The minimum absolute atomic E-state index is 0.0573. The SMILES string of the molecule is C[C@H](CCc1ccccc1)NC(=O)c1ccc2c(Cl)c3c(nc2c1)CCCC3. The summed E-state index contributed by atoms with van der Waals surface area (Å²) >= 11 is 6.63. The van der Waals surface area contributed by atoms with Crippen LogP contribution < -0.4 is 5.32 Å². The predicted molar refractivity (Wildman–Crippen MR) is 115 cm³/mol. The number of nitrogens with one attached hydrogen (secondary N) is 1. The number of nitrogens with zero attached hydrogens (tertiary/aromatic N) is 1. The molecule has 0 spiro atoms. The van der Waals surface area contributed by atoms with Crippen molar-refractivity contribution >= 4 is 28.4 Å². The first-order valence-corrected chi connectivity index (χ1v) is 10.5. The van der Waals surface area contributed by atoms with E-state index < -0.39 is 0 Å². The third-order valence-corrected chi connectivity index (χ3v) is 5.97. The lowest BCUT2D eigenvalue weighted by Crippen LogP contribution is -2.32. The highest BCUT2D eigenvalue weighted by Crippen LogP contribution is 2.33. The monoisotopic (exact) mass is 392 g/mol. The zero-order valence-corrected chi connectivity index (χ0v) is 16.9. The number of aryl methyl sites for hydroxylation is 2. The highest BCUT2D eigenvalue weighted by Gasteiger charge is 2.18. The van der Waals surface area contributed by atoms with Crippen molar-refractivity contribution in [1.82, 2.24) is 10.3 Å². The number of fused-ring (bicyclic) bond motifs is 2. The van der Waals surface area contributed by atoms with Crippen LogP contribution >= 0.6 is 11.6 Å². The van der Waals surface area contributed by atoms with Crippen LogP contribution in [0.15, 0.2) is 48.5 Å². The zero-order valence-electron chi connectivity index (χ0n) is 16.2. The molecule has 4 rings (SSSR count). The van der Waals surface area contributed by atoms with Gasteiger partial charge in [-0.15, -0.1) is 0 Å². The molecule has 144 valence electrons. The number of aromatic nitrogens is 1. The fourth-order valence-corrected chi connectivity index (χ4v) is 4.28. The molecule has 1 N–H and O–H groups in total. The molecule has 28 heavy (non-hydrogen) atoms. The molecule has 1 heterocycles. The summed E-state index contributed by atoms with van der Waals surface area (Å²) in [5.74, 6) is -0.0573. The summed E-state index contributed by atoms with van der Waals surface area (Å²) in [6.45, 7) is 2.05. The summed E-state index contributed by atoms with van der Waals surface area (Å²) in [7, 11) is 0. The first-order chi connectivity index (χ1) is 13.6. The number of benzene rings is 2. The lowest BCUT2D eigenvalue weighted by molar-refractivity contribution is 0.0938. The van der Waals surface area contributed by atoms with E-state index in [-0.39, 0.29) is 11.9 Å². The van der Waals surface area contributed by atoms with E-state index in [9.17, 15) is 4.79 Å². The van der Waals surface area contributed by atoms with Crippen molar-refractivity contribution in [1.29, 1.82) is 0 Å². The Balaban J connectivity index is 1.48. The highest BCUT2D eigenvalue weighted by molar-refractivity contribution is 6.36. The van der Waals surface area contributed by atoms with Gasteiger partial charge in [0.25, 0.3) is 5.91 Å². The fourth-order valence-electron chi connectivity index (χ4n) is 3.92. The average molecular weight is 393 g/mol. The number of halogens is 1. The van der Waals surface area contributed by atoms with Gasteiger partial charge in [0.1, 0.15) is 0 Å². The molecule has 4 heteroatoms. The Morgan fingerprint density at radius 2 is 1.93 bits per heavy atom. The van der Waals surface area contributed by atoms with Crippen molar-refractivity contribution < 1.29 is 4.79 Å². The Hall–Kier alpha value is -2.39. The lowest BCUT2D eigenvalue weighted by atomic mass is 9.94. The zero-order chi connectivity index (χ0) is 19.5. The van der Waals surface area contributed by atoms with E-state index in [1.165, 1.54) is 17.5 Å². The molecule has 0 fully saturated rings. The van der Waals surface area contributed by atoms with Crippen molar-refractivity contribution in [2.75, 3.05) is 0 Å². The van der Waals surface area contributed by atoms with Crippen LogP contribution in [-0.2, 0) is 19.3 Å². The minimum Gasteiger partial charge on any atom is -0.350 e. The van der Waals surface area contributed by atoms with Crippen LogP contribution in [0.4, 0.5) is 0 Å². The van der Waals surface area contributed by atoms with Gasteiger partial charge in [0.15, 0.2) is 0 Å². The number of hydrogen-bond acceptors (Lipinski definition) is 2. The van der Waals surface area contributed by atoms with E-state index in [0.717, 1.165) is 53.7 Å². The van der Waals surface area contributed by atoms with E-state index in [0.29, 0.717) is 5.56 Å². The first kappa shape index (κ1) is 18.9. The molecule has 1 aliphatic rings. The summed E-state index contributed by atoms with van der Waals surface area (Å²) in [6, 6.07) is 16.1. The molecule has 0 bridgehead atoms. The number of pyridine rings is 1. The molecule has 1 aliphatic carbocycles. The Bertz CT molecular complexity index is 1000. The van der Waals surface area contributed by atoms with Crippen molar-refractivity contribution in [3.05, 3.63) is 75.9 Å². The molecule has 0 saturated heterocycles. The maximum Gasteiger partial charge on any atom is 0.251 e. The maximum absolute atomic E-state index is 12.7. The molecule has 0 aliphatic heterocycles. The maximum atomic E-state index is 12.7. The Kier molecular flexibility index (Phi) is 5.63. The van der Waals surface area contributed by atoms with E-state index >= 15 is 0 Å². The number of carbonyl (C=O) groups is 1. The molecule has 1 atom stereocenters. The normalized spacial score (nSPS) is 14.5. The number of carbonyl (C=O) groups excluding carboxylic acids is 1. The molecule has 3 aromatic rings. The minimum atomic E-state index is -0.0573. The number of hydrogen-bond donors (Lipinski definition) is 1. The predicted octanol–water partition coefficient (Wildman–Crippen LogP) is 5.52. The van der Waals surface area contributed by atoms with Crippen LogP contribution in [0.25, 0.3) is 10.9 Å². The van der Waals surface area contributed by atoms with Gasteiger partial charge in [-0.05, 0) is 68.7 Å². The molecule has 3 nitrogen and oxygen atoms in total. The van der Waals surface area contributed by atoms with Crippen LogP contribution in [-0.4, -0.2) is 16.9 Å². The second-order valence-corrected chi connectivity index (χ2v) is 8.07. The molecular weight excluding hydrogens is 368 g/mol. The first-order valence-electron chi connectivity index (χ1n) is 10.1. The average Bonchev–Trinajstić information content (AvgIpc) is 2.73. The summed E-state index contributed by atoms with van der Waals surface area (Å²) in [4.78, 5) is 17.5. The van der Waals surface area contributed by atoms with Crippen LogP contribution in [0.5, 0.6) is 0 Å². The molecule has 1 aromatic heterocycles. The third kappa shape index (κ3) is 4.05. The van der Waals surface area contributed by atoms with Crippen LogP contribution in [0, 0.1) is 0 Å². The van der Waals surface area contributed by atoms with Gasteiger partial charge in [-0.1, -0.05) is 48.0 Å². The molecule has 0 saturated carbocycles. The van der Waals surface area contributed by atoms with Crippen LogP contribution in [0.1, 0.15) is 53.4 Å². The van der Waals surface area contributed by atoms with E-state index in [1.807, 2.05) is 43.3 Å². The Morgan fingerprint density at radius 1 is 1.14 bits per heavy atom. The van der Waals surface area contributed by atoms with Crippen molar-refractivity contribution in [3.8, 4) is 0 Å². The Morgan fingerprint density at radius 3 is 2.75 bits per heavy atom. The van der Waals surface area contributed by atoms with Gasteiger partial charge in [0.2, 0.25) is 0 Å². The standard InChI is InChI=1S/C24H25ClN2O/c1-16(11-12-17-7-3-2-4-8-17)26-24(28)18-13-14-20-22(15-18)27-21-10-6-5-9-19(21)23(20)25/h2-4,7-8,13-16H,5-6,9-12H2,1H3,(H,26,28)/t16-/m1/s1. The molecule has 0 unspecified atom stereocenters. The van der Waals surface area contributed by atoms with Crippen molar-refractivity contribution in [2.24, 2.45) is 0 Å². The van der Waals surface area contributed by atoms with Crippen LogP contribution in [0.3, 0.4) is 0 Å². The van der Waals surface area contributed by atoms with E-state index in [2.05, 4.69) is 17.4 Å². The van der Waals surface area contributed by atoms with Gasteiger partial charge in [0.05, 0.1) is 10.5 Å². The van der Waals surface area contributed by atoms with Gasteiger partial charge in [-0.25, -0.2) is 0 Å². The van der Waals surface area contributed by atoms with Gasteiger partial charge in [-0.2, -0.15) is 0 Å². The van der Waals surface area contributed by atoms with Gasteiger partial charge in [0, 0.05) is 22.7 Å². The topological polar surface area (TPSA) is 42.0 Å². The summed E-state index contributed by atoms with van der Waals surface area (Å²) < 4.78 is 0. The Labute approximate surface area is 171 Å². The van der Waals surface area contributed by atoms with E-state index in [4.69, 9.17) is 16.6 Å². The van der Waals surface area contributed by atoms with Crippen LogP contribution in [0.2, 0.25) is 5.02 Å². The third-order valence-electron chi connectivity index (χ3n) is 5.54. The van der Waals surface area contributed by atoms with Gasteiger partial charge in [-0.3, -0.25) is 9.78 Å².